The number of carbonyl (C=O) groups is 3. The summed E-state index contributed by atoms with van der Waals surface area (Å²) in [6.07, 6.45) is 2.89. The van der Waals surface area contributed by atoms with Crippen LogP contribution in [0.2, 0.25) is 0 Å². The number of urea groups is 1. The topological polar surface area (TPSA) is 105 Å². The molecular weight excluding hydrogens is 252 g/mol. The fourth-order valence-corrected chi connectivity index (χ4v) is 1.38. The lowest BCUT2D eigenvalue weighted by Crippen LogP contribution is -2.39. The summed E-state index contributed by atoms with van der Waals surface area (Å²) in [5.41, 5.74) is 0. The Bertz CT molecular complexity index is 294. The van der Waals surface area contributed by atoms with E-state index in [1.807, 2.05) is 0 Å². The second-order valence-electron chi connectivity index (χ2n) is 4.10. The molecule has 0 saturated heterocycles. The van der Waals surface area contributed by atoms with Crippen molar-refractivity contribution in [1.82, 2.24) is 10.6 Å². The molecule has 7 nitrogen and oxygen atoms in total. The molecule has 3 N–H and O–H groups in total. The number of unbranched alkanes of at least 4 members (excludes halogenated alkanes) is 2. The highest BCUT2D eigenvalue weighted by molar-refractivity contribution is 5.94. The molecule has 0 aromatic rings. The van der Waals surface area contributed by atoms with Crippen LogP contribution in [0.4, 0.5) is 4.79 Å². The minimum atomic E-state index is -0.951. The molecular formula is C12H22N2O5. The predicted molar refractivity (Wildman–Crippen MR) is 68.8 cm³/mol. The van der Waals surface area contributed by atoms with Crippen molar-refractivity contribution in [2.75, 3.05) is 20.3 Å². The zero-order valence-electron chi connectivity index (χ0n) is 11.2. The summed E-state index contributed by atoms with van der Waals surface area (Å²) in [7, 11) is 1.64. The van der Waals surface area contributed by atoms with E-state index in [-0.39, 0.29) is 19.3 Å². The fourth-order valence-electron chi connectivity index (χ4n) is 1.38. The molecule has 0 aliphatic rings. The van der Waals surface area contributed by atoms with Gasteiger partial charge in [-0.05, 0) is 25.7 Å². The number of carbonyl (C=O) groups excluding carboxylic acids is 2. The predicted octanol–water partition coefficient (Wildman–Crippen LogP) is 0.884. The molecule has 0 saturated carbocycles. The van der Waals surface area contributed by atoms with E-state index in [1.54, 1.807) is 7.11 Å². The largest absolute Gasteiger partial charge is 0.481 e. The third-order valence-electron chi connectivity index (χ3n) is 2.36. The molecule has 7 heteroatoms. The summed E-state index contributed by atoms with van der Waals surface area (Å²) in [5, 5.41) is 13.1. The number of carboxylic acids is 1. The van der Waals surface area contributed by atoms with Crippen molar-refractivity contribution in [2.45, 2.75) is 38.5 Å². The monoisotopic (exact) mass is 274 g/mol. The minimum Gasteiger partial charge on any atom is -0.481 e. The first-order valence-electron chi connectivity index (χ1n) is 6.34. The van der Waals surface area contributed by atoms with Crippen LogP contribution in [0.1, 0.15) is 38.5 Å². The second kappa shape index (κ2) is 11.5. The molecule has 110 valence electrons. The normalized spacial score (nSPS) is 9.95. The van der Waals surface area contributed by atoms with Gasteiger partial charge >= 0.3 is 12.0 Å². The van der Waals surface area contributed by atoms with E-state index in [2.05, 4.69) is 10.6 Å². The lowest BCUT2D eigenvalue weighted by molar-refractivity contribution is -0.137. The third kappa shape index (κ3) is 12.6. The number of hydrogen-bond donors (Lipinski definition) is 3. The van der Waals surface area contributed by atoms with Crippen LogP contribution < -0.4 is 10.6 Å². The number of imide groups is 1. The quantitative estimate of drug-likeness (QED) is 0.513. The van der Waals surface area contributed by atoms with Crippen molar-refractivity contribution in [3.8, 4) is 0 Å². The summed E-state index contributed by atoms with van der Waals surface area (Å²) in [6.45, 7) is 1.20. The summed E-state index contributed by atoms with van der Waals surface area (Å²) in [4.78, 5) is 32.7. The van der Waals surface area contributed by atoms with Crippen molar-refractivity contribution in [3.05, 3.63) is 0 Å². The van der Waals surface area contributed by atoms with E-state index in [1.165, 1.54) is 0 Å². The van der Waals surface area contributed by atoms with E-state index >= 15 is 0 Å². The summed E-state index contributed by atoms with van der Waals surface area (Å²) < 4.78 is 4.89. The first-order chi connectivity index (χ1) is 9.06. The van der Waals surface area contributed by atoms with Gasteiger partial charge in [-0.25, -0.2) is 4.79 Å². The zero-order chi connectivity index (χ0) is 14.5. The molecule has 0 fully saturated rings. The van der Waals surface area contributed by atoms with E-state index in [0.717, 1.165) is 19.3 Å². The van der Waals surface area contributed by atoms with Crippen LogP contribution in [0.25, 0.3) is 0 Å². The van der Waals surface area contributed by atoms with Gasteiger partial charge in [-0.15, -0.1) is 0 Å². The average molecular weight is 274 g/mol. The van der Waals surface area contributed by atoms with Gasteiger partial charge in [0.2, 0.25) is 5.91 Å². The Morgan fingerprint density at radius 3 is 2.42 bits per heavy atom. The third-order valence-corrected chi connectivity index (χ3v) is 2.36. The number of carboxylic acid groups (broad SMARTS) is 1. The molecule has 0 rings (SSSR count). The van der Waals surface area contributed by atoms with Crippen molar-refractivity contribution < 1.29 is 24.2 Å². The highest BCUT2D eigenvalue weighted by Gasteiger charge is 2.07. The summed E-state index contributed by atoms with van der Waals surface area (Å²) >= 11 is 0. The van der Waals surface area contributed by atoms with Gasteiger partial charge in [-0.2, -0.15) is 0 Å². The number of rotatable bonds is 10. The lowest BCUT2D eigenvalue weighted by Gasteiger charge is -2.06. The number of ether oxygens (including phenoxy) is 1. The first-order valence-corrected chi connectivity index (χ1v) is 6.34. The molecule has 19 heavy (non-hydrogen) atoms. The lowest BCUT2D eigenvalue weighted by atomic mass is 10.2. The standard InChI is InChI=1S/C12H22N2O5/c1-19-9-4-2-3-8-13-12(18)14-10(15)6-5-7-11(16)17/h2-9H2,1H3,(H,16,17)(H2,13,14,15,18). The Morgan fingerprint density at radius 1 is 1.05 bits per heavy atom. The van der Waals surface area contributed by atoms with Crippen LogP contribution in [0.15, 0.2) is 0 Å². The minimum absolute atomic E-state index is 0.0353. The number of aliphatic carboxylic acids is 1. The first kappa shape index (κ1) is 17.4. The van der Waals surface area contributed by atoms with Crippen molar-refractivity contribution in [1.29, 1.82) is 0 Å². The highest BCUT2D eigenvalue weighted by atomic mass is 16.5. The maximum absolute atomic E-state index is 11.3. The zero-order valence-corrected chi connectivity index (χ0v) is 11.2. The van der Waals surface area contributed by atoms with Gasteiger partial charge in [0.15, 0.2) is 0 Å². The molecule has 0 bridgehead atoms. The van der Waals surface area contributed by atoms with Crippen LogP contribution in [0.5, 0.6) is 0 Å². The molecule has 0 aliphatic heterocycles. The van der Waals surface area contributed by atoms with Crippen molar-refractivity contribution >= 4 is 17.9 Å². The molecule has 0 radical (unpaired) electrons. The van der Waals surface area contributed by atoms with Gasteiger partial charge < -0.3 is 15.2 Å². The van der Waals surface area contributed by atoms with Crippen molar-refractivity contribution in [3.63, 3.8) is 0 Å². The Hall–Kier alpha value is -1.63. The second-order valence-corrected chi connectivity index (χ2v) is 4.10. The number of nitrogens with one attached hydrogen (secondary N) is 2. The maximum atomic E-state index is 11.3. The van der Waals surface area contributed by atoms with Gasteiger partial charge in [-0.1, -0.05) is 0 Å². The molecule has 0 spiro atoms. The van der Waals surface area contributed by atoms with E-state index in [4.69, 9.17) is 9.84 Å². The highest BCUT2D eigenvalue weighted by Crippen LogP contribution is 1.95. The van der Waals surface area contributed by atoms with E-state index in [9.17, 15) is 14.4 Å². The number of methoxy groups -OCH3 is 1. The Morgan fingerprint density at radius 2 is 1.79 bits per heavy atom. The molecule has 0 heterocycles. The maximum Gasteiger partial charge on any atom is 0.321 e. The Balaban J connectivity index is 3.46. The van der Waals surface area contributed by atoms with Crippen LogP contribution in [-0.2, 0) is 14.3 Å². The molecule has 3 amide bonds. The van der Waals surface area contributed by atoms with Crippen LogP contribution in [0, 0.1) is 0 Å². The van der Waals surface area contributed by atoms with Crippen LogP contribution in [0.3, 0.4) is 0 Å². The van der Waals surface area contributed by atoms with Crippen LogP contribution in [-0.4, -0.2) is 43.3 Å². The molecule has 0 aliphatic carbocycles. The summed E-state index contributed by atoms with van der Waals surface area (Å²) in [6, 6.07) is -0.535. The van der Waals surface area contributed by atoms with Gasteiger partial charge in [0.1, 0.15) is 0 Å². The molecule has 0 atom stereocenters. The van der Waals surface area contributed by atoms with Crippen LogP contribution >= 0.6 is 0 Å². The summed E-state index contributed by atoms with van der Waals surface area (Å²) in [5.74, 6) is -1.41. The van der Waals surface area contributed by atoms with Gasteiger partial charge in [0, 0.05) is 33.1 Å². The fraction of sp³-hybridized carbons (Fsp3) is 0.750. The van der Waals surface area contributed by atoms with Crippen molar-refractivity contribution in [2.24, 2.45) is 0 Å². The number of amides is 3. The molecule has 0 aromatic carbocycles. The van der Waals surface area contributed by atoms with E-state index < -0.39 is 17.9 Å². The average Bonchev–Trinajstić information content (AvgIpc) is 2.33. The van der Waals surface area contributed by atoms with E-state index in [0.29, 0.717) is 13.2 Å². The smallest absolute Gasteiger partial charge is 0.321 e. The van der Waals surface area contributed by atoms with Gasteiger partial charge in [0.25, 0.3) is 0 Å². The molecule has 0 unspecified atom stereocenters. The Labute approximate surface area is 112 Å². The molecule has 0 aromatic heterocycles. The van der Waals surface area contributed by atoms with Gasteiger partial charge in [-0.3, -0.25) is 14.9 Å². The van der Waals surface area contributed by atoms with Gasteiger partial charge in [0.05, 0.1) is 0 Å². The number of hydrogen-bond acceptors (Lipinski definition) is 4. The Kier molecular flexibility index (Phi) is 10.5. The SMILES string of the molecule is COCCCCCNC(=O)NC(=O)CCCC(=O)O.